The van der Waals surface area contributed by atoms with Crippen molar-refractivity contribution in [3.05, 3.63) is 29.6 Å². The number of carbonyl (C=O) groups excluding carboxylic acids is 2. The average molecular weight is 320 g/mol. The normalized spacial score (nSPS) is 14.2. The third-order valence-electron chi connectivity index (χ3n) is 3.47. The number of aryl methyl sites for hydroxylation is 1. The van der Waals surface area contributed by atoms with Gasteiger partial charge >= 0.3 is 6.09 Å². The van der Waals surface area contributed by atoms with E-state index in [1.165, 1.54) is 0 Å². The van der Waals surface area contributed by atoms with Gasteiger partial charge in [-0.05, 0) is 20.8 Å². The number of hydrogen-bond acceptors (Lipinski definition) is 4. The lowest BCUT2D eigenvalue weighted by Crippen LogP contribution is -2.40. The Balaban J connectivity index is 2.20. The molecule has 2 amide bonds. The summed E-state index contributed by atoms with van der Waals surface area (Å²) in [6.45, 7) is 10.3. The van der Waals surface area contributed by atoms with Gasteiger partial charge in [0.1, 0.15) is 11.3 Å². The van der Waals surface area contributed by atoms with Gasteiger partial charge in [-0.15, -0.1) is 6.58 Å². The van der Waals surface area contributed by atoms with Gasteiger partial charge in [-0.25, -0.2) is 4.79 Å². The van der Waals surface area contributed by atoms with Crippen molar-refractivity contribution in [2.24, 2.45) is 7.05 Å². The second-order valence-electron chi connectivity index (χ2n) is 6.55. The molecule has 0 saturated heterocycles. The molecule has 2 heterocycles. The number of nitrogens with one attached hydrogen (secondary N) is 1. The van der Waals surface area contributed by atoms with Gasteiger partial charge < -0.3 is 15.0 Å². The summed E-state index contributed by atoms with van der Waals surface area (Å²) in [5, 5.41) is 7.16. The highest BCUT2D eigenvalue weighted by atomic mass is 16.6. The fraction of sp³-hybridized carbons (Fsp3) is 0.562. The summed E-state index contributed by atoms with van der Waals surface area (Å²) in [6, 6.07) is 0. The Labute approximate surface area is 136 Å². The van der Waals surface area contributed by atoms with Gasteiger partial charge in [0.25, 0.3) is 5.91 Å². The zero-order valence-corrected chi connectivity index (χ0v) is 14.2. The van der Waals surface area contributed by atoms with Crippen molar-refractivity contribution in [1.29, 1.82) is 0 Å². The minimum Gasteiger partial charge on any atom is -0.444 e. The van der Waals surface area contributed by atoms with Crippen molar-refractivity contribution in [2.75, 3.05) is 13.1 Å². The van der Waals surface area contributed by atoms with Gasteiger partial charge in [0.2, 0.25) is 0 Å². The minimum absolute atomic E-state index is 0.216. The molecule has 0 spiro atoms. The summed E-state index contributed by atoms with van der Waals surface area (Å²) in [4.78, 5) is 26.2. The van der Waals surface area contributed by atoms with Gasteiger partial charge in [0.15, 0.2) is 0 Å². The van der Waals surface area contributed by atoms with E-state index in [0.717, 1.165) is 11.3 Å². The first-order valence-electron chi connectivity index (χ1n) is 7.64. The number of amides is 2. The van der Waals surface area contributed by atoms with Crippen LogP contribution in [0.5, 0.6) is 0 Å². The molecule has 1 aromatic heterocycles. The molecule has 0 fully saturated rings. The molecule has 1 N–H and O–H groups in total. The van der Waals surface area contributed by atoms with Crippen LogP contribution < -0.4 is 5.32 Å². The molecule has 7 nitrogen and oxygen atoms in total. The lowest BCUT2D eigenvalue weighted by Gasteiger charge is -2.29. The summed E-state index contributed by atoms with van der Waals surface area (Å²) in [5.74, 6) is -0.216. The summed E-state index contributed by atoms with van der Waals surface area (Å²) in [5.41, 5.74) is 1.58. The Morgan fingerprint density at radius 3 is 2.74 bits per heavy atom. The fourth-order valence-electron chi connectivity index (χ4n) is 2.52. The van der Waals surface area contributed by atoms with Crippen LogP contribution in [-0.4, -0.2) is 45.4 Å². The largest absolute Gasteiger partial charge is 0.444 e. The maximum absolute atomic E-state index is 12.3. The standard InChI is InChI=1S/C16H24N4O3/c1-6-8-17-14(21)13-11-10-20(15(22)23-16(2,3)4)9-7-12(11)18-19(13)5/h6H,1,7-10H2,2-5H3,(H,17,21). The van der Waals surface area contributed by atoms with Gasteiger partial charge in [-0.2, -0.15) is 5.10 Å². The monoisotopic (exact) mass is 320 g/mol. The molecule has 1 aliphatic heterocycles. The summed E-state index contributed by atoms with van der Waals surface area (Å²) >= 11 is 0. The van der Waals surface area contributed by atoms with Crippen LogP contribution in [-0.2, 0) is 24.8 Å². The van der Waals surface area contributed by atoms with Crippen molar-refractivity contribution in [1.82, 2.24) is 20.0 Å². The van der Waals surface area contributed by atoms with E-state index in [9.17, 15) is 9.59 Å². The molecular weight excluding hydrogens is 296 g/mol. The summed E-state index contributed by atoms with van der Waals surface area (Å²) in [6.07, 6.45) is 1.86. The van der Waals surface area contributed by atoms with Gasteiger partial charge in [0.05, 0.1) is 12.2 Å². The Morgan fingerprint density at radius 2 is 2.13 bits per heavy atom. The topological polar surface area (TPSA) is 76.5 Å². The Kier molecular flexibility index (Phi) is 4.77. The molecule has 0 radical (unpaired) electrons. The summed E-state index contributed by atoms with van der Waals surface area (Å²) in [7, 11) is 1.74. The van der Waals surface area contributed by atoms with E-state index in [-0.39, 0.29) is 12.0 Å². The quantitative estimate of drug-likeness (QED) is 0.859. The highest BCUT2D eigenvalue weighted by Gasteiger charge is 2.31. The fourth-order valence-corrected chi connectivity index (χ4v) is 2.52. The van der Waals surface area contributed by atoms with E-state index in [0.29, 0.717) is 31.7 Å². The van der Waals surface area contributed by atoms with E-state index < -0.39 is 5.60 Å². The molecule has 0 aliphatic carbocycles. The van der Waals surface area contributed by atoms with Crippen molar-refractivity contribution < 1.29 is 14.3 Å². The third-order valence-corrected chi connectivity index (χ3v) is 3.47. The SMILES string of the molecule is C=CCNC(=O)c1c2c(nn1C)CCN(C(=O)OC(C)(C)C)C2. The van der Waals surface area contributed by atoms with E-state index >= 15 is 0 Å². The van der Waals surface area contributed by atoms with Crippen LogP contribution in [0.15, 0.2) is 12.7 Å². The maximum atomic E-state index is 12.3. The van der Waals surface area contributed by atoms with Crippen molar-refractivity contribution in [3.8, 4) is 0 Å². The smallest absolute Gasteiger partial charge is 0.410 e. The lowest BCUT2D eigenvalue weighted by atomic mass is 10.1. The first-order chi connectivity index (χ1) is 10.7. The molecule has 7 heteroatoms. The van der Waals surface area contributed by atoms with E-state index in [1.54, 1.807) is 22.7 Å². The van der Waals surface area contributed by atoms with Gasteiger partial charge in [-0.1, -0.05) is 6.08 Å². The minimum atomic E-state index is -0.545. The Morgan fingerprint density at radius 1 is 1.43 bits per heavy atom. The summed E-state index contributed by atoms with van der Waals surface area (Å²) < 4.78 is 6.98. The zero-order valence-electron chi connectivity index (χ0n) is 14.2. The van der Waals surface area contributed by atoms with E-state index in [2.05, 4.69) is 17.0 Å². The number of rotatable bonds is 3. The van der Waals surface area contributed by atoms with E-state index in [1.807, 2.05) is 20.8 Å². The van der Waals surface area contributed by atoms with Gasteiger partial charge in [-0.3, -0.25) is 9.48 Å². The van der Waals surface area contributed by atoms with Crippen molar-refractivity contribution >= 4 is 12.0 Å². The van der Waals surface area contributed by atoms with Crippen molar-refractivity contribution in [3.63, 3.8) is 0 Å². The molecule has 0 saturated carbocycles. The predicted molar refractivity (Wildman–Crippen MR) is 86.1 cm³/mol. The third kappa shape index (κ3) is 3.91. The number of ether oxygens (including phenoxy) is 1. The van der Waals surface area contributed by atoms with Crippen LogP contribution in [0.2, 0.25) is 0 Å². The predicted octanol–water partition coefficient (Wildman–Crippen LogP) is 1.63. The highest BCUT2D eigenvalue weighted by Crippen LogP contribution is 2.23. The Hall–Kier alpha value is -2.31. The second-order valence-corrected chi connectivity index (χ2v) is 6.55. The number of nitrogens with zero attached hydrogens (tertiary/aromatic N) is 3. The lowest BCUT2D eigenvalue weighted by molar-refractivity contribution is 0.0222. The van der Waals surface area contributed by atoms with Crippen LogP contribution in [0.4, 0.5) is 4.79 Å². The van der Waals surface area contributed by atoms with Gasteiger partial charge in [0, 0.05) is 32.1 Å². The number of hydrogen-bond donors (Lipinski definition) is 1. The number of aromatic nitrogens is 2. The van der Waals surface area contributed by atoms with E-state index in [4.69, 9.17) is 4.74 Å². The Bertz CT molecular complexity index is 628. The molecular formula is C16H24N4O3. The molecule has 0 aromatic carbocycles. The van der Waals surface area contributed by atoms with Crippen LogP contribution in [0, 0.1) is 0 Å². The first kappa shape index (κ1) is 17.1. The van der Waals surface area contributed by atoms with Crippen LogP contribution in [0.1, 0.15) is 42.5 Å². The maximum Gasteiger partial charge on any atom is 0.410 e. The number of carbonyl (C=O) groups is 2. The average Bonchev–Trinajstić information content (AvgIpc) is 2.77. The molecule has 1 aromatic rings. The molecule has 2 rings (SSSR count). The van der Waals surface area contributed by atoms with Crippen LogP contribution >= 0.6 is 0 Å². The molecule has 126 valence electrons. The van der Waals surface area contributed by atoms with Crippen LogP contribution in [0.3, 0.4) is 0 Å². The molecule has 1 aliphatic rings. The second kappa shape index (κ2) is 6.44. The molecule has 0 bridgehead atoms. The van der Waals surface area contributed by atoms with Crippen LogP contribution in [0.25, 0.3) is 0 Å². The highest BCUT2D eigenvalue weighted by molar-refractivity contribution is 5.94. The van der Waals surface area contributed by atoms with Crippen molar-refractivity contribution in [2.45, 2.75) is 39.3 Å². The molecule has 0 atom stereocenters. The first-order valence-corrected chi connectivity index (χ1v) is 7.64. The molecule has 0 unspecified atom stereocenters. The zero-order chi connectivity index (χ0) is 17.2. The molecule has 23 heavy (non-hydrogen) atoms. The number of fused-ring (bicyclic) bond motifs is 1.